The summed E-state index contributed by atoms with van der Waals surface area (Å²) in [5.41, 5.74) is 1.95. The van der Waals surface area contributed by atoms with E-state index in [1.54, 1.807) is 13.0 Å². The second-order valence-electron chi connectivity index (χ2n) is 7.60. The number of carbonyl (C=O) groups is 1. The summed E-state index contributed by atoms with van der Waals surface area (Å²) < 4.78 is 42.1. The van der Waals surface area contributed by atoms with Crippen LogP contribution < -0.4 is 5.32 Å². The number of nitrogens with one attached hydrogen (secondary N) is 1. The van der Waals surface area contributed by atoms with Crippen molar-refractivity contribution in [3.63, 3.8) is 0 Å². The van der Waals surface area contributed by atoms with Gasteiger partial charge in [-0.2, -0.15) is 9.40 Å². The Kier molecular flexibility index (Phi) is 7.30. The van der Waals surface area contributed by atoms with E-state index in [1.165, 1.54) is 53.2 Å². The molecule has 0 bridgehead atoms. The highest BCUT2D eigenvalue weighted by Crippen LogP contribution is 2.25. The molecule has 1 amide bonds. The minimum absolute atomic E-state index is 0.0410. The number of anilines is 1. The van der Waals surface area contributed by atoms with Crippen molar-refractivity contribution in [3.8, 4) is 16.9 Å². The zero-order chi connectivity index (χ0) is 25.0. The van der Waals surface area contributed by atoms with E-state index in [4.69, 9.17) is 11.6 Å². The first-order chi connectivity index (χ1) is 16.8. The van der Waals surface area contributed by atoms with Gasteiger partial charge >= 0.3 is 0 Å². The quantitative estimate of drug-likeness (QED) is 0.361. The van der Waals surface area contributed by atoms with E-state index in [0.717, 1.165) is 9.87 Å². The van der Waals surface area contributed by atoms with Crippen LogP contribution in [0, 0.1) is 5.82 Å². The van der Waals surface area contributed by atoms with E-state index in [1.807, 2.05) is 30.3 Å². The summed E-state index contributed by atoms with van der Waals surface area (Å²) in [4.78, 5) is 13.0. The number of nitrogens with zero attached hydrogens (tertiary/aromatic N) is 3. The second kappa shape index (κ2) is 10.4. The molecular formula is C25H22ClFN4O3S. The molecule has 0 radical (unpaired) electrons. The third-order valence-corrected chi connectivity index (χ3v) is 7.43. The average Bonchev–Trinajstić information content (AvgIpc) is 3.27. The van der Waals surface area contributed by atoms with Crippen LogP contribution in [-0.2, 0) is 14.8 Å². The van der Waals surface area contributed by atoms with Gasteiger partial charge in [-0.1, -0.05) is 48.9 Å². The van der Waals surface area contributed by atoms with Gasteiger partial charge in [0, 0.05) is 23.2 Å². The molecule has 0 saturated carbocycles. The lowest BCUT2D eigenvalue weighted by molar-refractivity contribution is -0.116. The molecule has 3 aromatic carbocycles. The maximum absolute atomic E-state index is 13.5. The Morgan fingerprint density at radius 3 is 2.31 bits per heavy atom. The smallest absolute Gasteiger partial charge is 0.243 e. The molecule has 0 fully saturated rings. The van der Waals surface area contributed by atoms with Crippen LogP contribution in [0.2, 0.25) is 5.02 Å². The fourth-order valence-corrected chi connectivity index (χ4v) is 5.00. The van der Waals surface area contributed by atoms with E-state index >= 15 is 0 Å². The van der Waals surface area contributed by atoms with E-state index < -0.39 is 28.3 Å². The fraction of sp³-hybridized carbons (Fsp3) is 0.120. The summed E-state index contributed by atoms with van der Waals surface area (Å²) in [6.07, 6.45) is 0. The van der Waals surface area contributed by atoms with Gasteiger partial charge in [0.15, 0.2) is 0 Å². The van der Waals surface area contributed by atoms with Crippen molar-refractivity contribution < 1.29 is 17.6 Å². The van der Waals surface area contributed by atoms with Crippen LogP contribution in [-0.4, -0.2) is 41.5 Å². The van der Waals surface area contributed by atoms with Crippen molar-refractivity contribution in [2.75, 3.05) is 18.4 Å². The summed E-state index contributed by atoms with van der Waals surface area (Å²) in [7, 11) is -3.91. The molecule has 4 aromatic rings. The largest absolute Gasteiger partial charge is 0.309 e. The first-order valence-corrected chi connectivity index (χ1v) is 12.6. The SMILES string of the molecule is CCN(CC(=O)Nc1cc(-c2ccccc2)nn1-c1ccc(F)cc1)S(=O)(=O)c1ccc(Cl)cc1. The molecular weight excluding hydrogens is 491 g/mol. The number of amides is 1. The Balaban J connectivity index is 1.62. The van der Waals surface area contributed by atoms with Gasteiger partial charge in [-0.25, -0.2) is 17.5 Å². The third kappa shape index (κ3) is 5.59. The van der Waals surface area contributed by atoms with Crippen LogP contribution in [0.25, 0.3) is 16.9 Å². The van der Waals surface area contributed by atoms with Gasteiger partial charge < -0.3 is 5.32 Å². The van der Waals surface area contributed by atoms with Gasteiger partial charge in [-0.15, -0.1) is 0 Å². The lowest BCUT2D eigenvalue weighted by Gasteiger charge is -2.20. The lowest BCUT2D eigenvalue weighted by atomic mass is 10.2. The van der Waals surface area contributed by atoms with Crippen LogP contribution in [0.15, 0.2) is 89.8 Å². The molecule has 0 aliphatic heterocycles. The lowest BCUT2D eigenvalue weighted by Crippen LogP contribution is -2.38. The standard InChI is InChI=1S/C25H22ClFN4O3S/c1-2-30(35(33,34)22-14-8-19(26)9-15-22)17-25(32)28-24-16-23(18-6-4-3-5-7-18)29-31(24)21-12-10-20(27)11-13-21/h3-16H,2,17H2,1H3,(H,28,32). The molecule has 10 heteroatoms. The molecule has 0 aliphatic carbocycles. The molecule has 0 unspecified atom stereocenters. The molecule has 1 aromatic heterocycles. The maximum atomic E-state index is 13.5. The van der Waals surface area contributed by atoms with Gasteiger partial charge in [0.2, 0.25) is 15.9 Å². The number of likely N-dealkylation sites (N-methyl/N-ethyl adjacent to an activating group) is 1. The molecule has 1 heterocycles. The minimum Gasteiger partial charge on any atom is -0.309 e. The molecule has 0 spiro atoms. The summed E-state index contributed by atoms with van der Waals surface area (Å²) in [5, 5.41) is 7.73. The van der Waals surface area contributed by atoms with Gasteiger partial charge in [0.05, 0.1) is 22.8 Å². The van der Waals surface area contributed by atoms with Crippen LogP contribution in [0.4, 0.5) is 10.2 Å². The van der Waals surface area contributed by atoms with Crippen molar-refractivity contribution in [2.45, 2.75) is 11.8 Å². The Morgan fingerprint density at radius 2 is 1.69 bits per heavy atom. The van der Waals surface area contributed by atoms with E-state index in [2.05, 4.69) is 10.4 Å². The number of benzene rings is 3. The molecule has 4 rings (SSSR count). The van der Waals surface area contributed by atoms with Crippen LogP contribution in [0.5, 0.6) is 0 Å². The predicted molar refractivity (Wildman–Crippen MR) is 133 cm³/mol. The Morgan fingerprint density at radius 1 is 1.03 bits per heavy atom. The highest BCUT2D eigenvalue weighted by atomic mass is 35.5. The number of halogens is 2. The van der Waals surface area contributed by atoms with Crippen molar-refractivity contribution >= 4 is 33.3 Å². The van der Waals surface area contributed by atoms with Crippen molar-refractivity contribution in [3.05, 3.63) is 95.8 Å². The van der Waals surface area contributed by atoms with Gasteiger partial charge in [0.25, 0.3) is 0 Å². The zero-order valence-electron chi connectivity index (χ0n) is 18.7. The first-order valence-electron chi connectivity index (χ1n) is 10.7. The Labute approximate surface area is 207 Å². The minimum atomic E-state index is -3.91. The van der Waals surface area contributed by atoms with E-state index in [9.17, 15) is 17.6 Å². The van der Waals surface area contributed by atoms with Crippen LogP contribution in [0.3, 0.4) is 0 Å². The van der Waals surface area contributed by atoms with E-state index in [0.29, 0.717) is 22.2 Å². The number of sulfonamides is 1. The van der Waals surface area contributed by atoms with Gasteiger partial charge in [0.1, 0.15) is 11.6 Å². The van der Waals surface area contributed by atoms with Crippen molar-refractivity contribution in [1.82, 2.24) is 14.1 Å². The number of hydrogen-bond donors (Lipinski definition) is 1. The molecule has 1 N–H and O–H groups in total. The fourth-order valence-electron chi connectivity index (χ4n) is 3.46. The number of rotatable bonds is 8. The average molecular weight is 513 g/mol. The molecule has 35 heavy (non-hydrogen) atoms. The molecule has 7 nitrogen and oxygen atoms in total. The monoisotopic (exact) mass is 512 g/mol. The van der Waals surface area contributed by atoms with Gasteiger partial charge in [-0.05, 0) is 48.5 Å². The first kappa shape index (κ1) is 24.6. The third-order valence-electron chi connectivity index (χ3n) is 5.24. The molecule has 0 aliphatic rings. The number of hydrogen-bond acceptors (Lipinski definition) is 4. The topological polar surface area (TPSA) is 84.3 Å². The zero-order valence-corrected chi connectivity index (χ0v) is 20.3. The van der Waals surface area contributed by atoms with E-state index in [-0.39, 0.29) is 11.4 Å². The second-order valence-corrected chi connectivity index (χ2v) is 9.98. The molecule has 180 valence electrons. The summed E-state index contributed by atoms with van der Waals surface area (Å²) in [5.74, 6) is -0.631. The Hall–Kier alpha value is -3.53. The summed E-state index contributed by atoms with van der Waals surface area (Å²) in [6, 6.07) is 22.5. The van der Waals surface area contributed by atoms with Crippen LogP contribution in [0.1, 0.15) is 6.92 Å². The summed E-state index contributed by atoms with van der Waals surface area (Å²) >= 11 is 5.87. The van der Waals surface area contributed by atoms with Crippen molar-refractivity contribution in [1.29, 1.82) is 0 Å². The highest BCUT2D eigenvalue weighted by molar-refractivity contribution is 7.89. The van der Waals surface area contributed by atoms with Gasteiger partial charge in [-0.3, -0.25) is 4.79 Å². The van der Waals surface area contributed by atoms with Crippen LogP contribution >= 0.6 is 11.6 Å². The predicted octanol–water partition coefficient (Wildman–Crippen LogP) is 4.98. The molecule has 0 saturated heterocycles. The highest BCUT2D eigenvalue weighted by Gasteiger charge is 2.26. The molecule has 0 atom stereocenters. The Bertz CT molecular complexity index is 1420. The normalized spacial score (nSPS) is 11.5. The summed E-state index contributed by atoms with van der Waals surface area (Å²) in [6.45, 7) is 1.33. The maximum Gasteiger partial charge on any atom is 0.243 e. The number of aromatic nitrogens is 2. The van der Waals surface area contributed by atoms with Crippen molar-refractivity contribution in [2.24, 2.45) is 0 Å². The number of carbonyl (C=O) groups excluding carboxylic acids is 1.